The van der Waals surface area contributed by atoms with Crippen LogP contribution in [0.2, 0.25) is 0 Å². The maximum atomic E-state index is 13.2. The van der Waals surface area contributed by atoms with Crippen molar-refractivity contribution >= 4 is 11.5 Å². The number of tetrazole rings is 1. The van der Waals surface area contributed by atoms with Gasteiger partial charge in [-0.25, -0.2) is 4.39 Å². The van der Waals surface area contributed by atoms with E-state index in [2.05, 4.69) is 25.9 Å². The Balaban J connectivity index is 1.65. The summed E-state index contributed by atoms with van der Waals surface area (Å²) in [5.41, 5.74) is 1.69. The lowest BCUT2D eigenvalue weighted by atomic mass is 9.91. The largest absolute Gasteiger partial charge is 0.361 e. The highest BCUT2D eigenvalue weighted by Gasteiger charge is 2.26. The van der Waals surface area contributed by atoms with Crippen LogP contribution in [0.1, 0.15) is 37.3 Å². The number of fused-ring (bicyclic) bond motifs is 1. The van der Waals surface area contributed by atoms with Crippen LogP contribution < -0.4 is 5.32 Å². The van der Waals surface area contributed by atoms with Gasteiger partial charge in [-0.1, -0.05) is 25.0 Å². The van der Waals surface area contributed by atoms with Crippen LogP contribution in [0.15, 0.2) is 36.4 Å². The van der Waals surface area contributed by atoms with Gasteiger partial charge in [0.1, 0.15) is 11.6 Å². The number of rotatable bonds is 4. The van der Waals surface area contributed by atoms with E-state index < -0.39 is 0 Å². The number of nitrogens with zero attached hydrogens (tertiary/aromatic N) is 5. The van der Waals surface area contributed by atoms with Crippen molar-refractivity contribution in [2.45, 2.75) is 31.7 Å². The van der Waals surface area contributed by atoms with Crippen LogP contribution in [0.5, 0.6) is 0 Å². The van der Waals surface area contributed by atoms with Crippen LogP contribution in [0.25, 0.3) is 5.65 Å². The molecular formula is C16H17FN6. The third-order valence-electron chi connectivity index (χ3n) is 4.47. The molecule has 0 bridgehead atoms. The van der Waals surface area contributed by atoms with Gasteiger partial charge >= 0.3 is 0 Å². The zero-order valence-corrected chi connectivity index (χ0v) is 12.6. The lowest BCUT2D eigenvalue weighted by Gasteiger charge is -2.25. The van der Waals surface area contributed by atoms with Gasteiger partial charge < -0.3 is 5.32 Å². The Kier molecular flexibility index (Phi) is 3.61. The van der Waals surface area contributed by atoms with Gasteiger partial charge in [-0.05, 0) is 59.0 Å². The lowest BCUT2D eigenvalue weighted by Crippen LogP contribution is -2.20. The van der Waals surface area contributed by atoms with E-state index in [1.807, 2.05) is 24.3 Å². The molecule has 118 valence electrons. The van der Waals surface area contributed by atoms with E-state index in [9.17, 15) is 4.39 Å². The molecule has 1 saturated carbocycles. The van der Waals surface area contributed by atoms with Gasteiger partial charge in [-0.15, -0.1) is 14.8 Å². The van der Waals surface area contributed by atoms with E-state index in [1.54, 1.807) is 0 Å². The second-order valence-corrected chi connectivity index (χ2v) is 5.96. The molecule has 1 aliphatic rings. The average molecular weight is 312 g/mol. The fourth-order valence-corrected chi connectivity index (χ4v) is 3.32. The Bertz CT molecular complexity index is 794. The maximum absolute atomic E-state index is 13.2. The first kappa shape index (κ1) is 14.0. The molecule has 2 aromatic heterocycles. The Morgan fingerprint density at radius 2 is 1.87 bits per heavy atom. The highest BCUT2D eigenvalue weighted by molar-refractivity contribution is 5.44. The summed E-state index contributed by atoms with van der Waals surface area (Å²) in [6.07, 6.45) is 4.82. The Hall–Kier alpha value is -2.57. The molecule has 23 heavy (non-hydrogen) atoms. The van der Waals surface area contributed by atoms with E-state index in [4.69, 9.17) is 0 Å². The molecule has 6 nitrogen and oxygen atoms in total. The van der Waals surface area contributed by atoms with Gasteiger partial charge in [0, 0.05) is 0 Å². The normalized spacial score (nSPS) is 16.7. The van der Waals surface area contributed by atoms with Gasteiger partial charge in [0.2, 0.25) is 0 Å². The van der Waals surface area contributed by atoms with Gasteiger partial charge in [0.05, 0.1) is 6.04 Å². The summed E-state index contributed by atoms with van der Waals surface area (Å²) in [7, 11) is 0. The second-order valence-electron chi connectivity index (χ2n) is 5.96. The van der Waals surface area contributed by atoms with E-state index in [1.165, 1.54) is 42.4 Å². The summed E-state index contributed by atoms with van der Waals surface area (Å²) in [5.74, 6) is 1.02. The topological polar surface area (TPSA) is 68.0 Å². The first-order valence-electron chi connectivity index (χ1n) is 7.87. The zero-order valence-electron chi connectivity index (χ0n) is 12.6. The minimum atomic E-state index is -0.216. The van der Waals surface area contributed by atoms with E-state index >= 15 is 0 Å². The van der Waals surface area contributed by atoms with Crippen LogP contribution in [0, 0.1) is 11.7 Å². The molecule has 0 radical (unpaired) electrons. The second kappa shape index (κ2) is 5.91. The summed E-state index contributed by atoms with van der Waals surface area (Å²) in [6.45, 7) is 0. The van der Waals surface area contributed by atoms with Crippen molar-refractivity contribution in [3.8, 4) is 0 Å². The quantitative estimate of drug-likeness (QED) is 0.802. The minimum Gasteiger partial charge on any atom is -0.361 e. The van der Waals surface area contributed by atoms with Gasteiger partial charge in [0.15, 0.2) is 5.65 Å². The maximum Gasteiger partial charge on any atom is 0.200 e. The number of nitrogens with one attached hydrogen (secondary N) is 1. The third kappa shape index (κ3) is 2.86. The minimum absolute atomic E-state index is 0.111. The van der Waals surface area contributed by atoms with Crippen LogP contribution >= 0.6 is 0 Å². The van der Waals surface area contributed by atoms with Crippen LogP contribution in [-0.4, -0.2) is 25.3 Å². The van der Waals surface area contributed by atoms with Gasteiger partial charge in [-0.3, -0.25) is 0 Å². The molecule has 1 N–H and O–H groups in total. The van der Waals surface area contributed by atoms with Crippen molar-refractivity contribution in [2.24, 2.45) is 5.92 Å². The molecule has 1 unspecified atom stereocenters. The SMILES string of the molecule is Fc1ccc(C(Nc2ccc3nnnn3n2)C2CCCC2)cc1. The molecule has 0 saturated heterocycles. The Morgan fingerprint density at radius 1 is 1.09 bits per heavy atom. The molecule has 1 atom stereocenters. The molecule has 0 spiro atoms. The Morgan fingerprint density at radius 3 is 2.65 bits per heavy atom. The summed E-state index contributed by atoms with van der Waals surface area (Å²) in [5, 5.41) is 19.1. The summed E-state index contributed by atoms with van der Waals surface area (Å²) in [6, 6.07) is 10.5. The molecule has 0 aliphatic heterocycles. The molecule has 0 amide bonds. The van der Waals surface area contributed by atoms with E-state index in [-0.39, 0.29) is 11.9 Å². The van der Waals surface area contributed by atoms with Crippen molar-refractivity contribution in [1.29, 1.82) is 0 Å². The van der Waals surface area contributed by atoms with E-state index in [0.29, 0.717) is 17.4 Å². The molecule has 1 fully saturated rings. The number of halogens is 1. The molecular weight excluding hydrogens is 295 g/mol. The fraction of sp³-hybridized carbons (Fsp3) is 0.375. The van der Waals surface area contributed by atoms with Crippen LogP contribution in [0.4, 0.5) is 10.2 Å². The third-order valence-corrected chi connectivity index (χ3v) is 4.47. The lowest BCUT2D eigenvalue weighted by molar-refractivity contribution is 0.467. The number of hydrogen-bond acceptors (Lipinski definition) is 5. The van der Waals surface area contributed by atoms with Gasteiger partial charge in [0.25, 0.3) is 0 Å². The highest BCUT2D eigenvalue weighted by atomic mass is 19.1. The Labute approximate surface area is 132 Å². The molecule has 1 aliphatic carbocycles. The van der Waals surface area contributed by atoms with Crippen molar-refractivity contribution in [1.82, 2.24) is 25.3 Å². The molecule has 4 rings (SSSR count). The molecule has 2 heterocycles. The average Bonchev–Trinajstić information content (AvgIpc) is 3.24. The zero-order chi connectivity index (χ0) is 15.6. The monoisotopic (exact) mass is 312 g/mol. The first-order chi connectivity index (χ1) is 11.3. The summed E-state index contributed by atoms with van der Waals surface area (Å²) < 4.78 is 14.6. The van der Waals surface area contributed by atoms with E-state index in [0.717, 1.165) is 5.56 Å². The summed E-state index contributed by atoms with van der Waals surface area (Å²) in [4.78, 5) is 0. The smallest absolute Gasteiger partial charge is 0.200 e. The van der Waals surface area contributed by atoms with Gasteiger partial charge in [-0.2, -0.15) is 0 Å². The number of anilines is 1. The predicted molar refractivity (Wildman–Crippen MR) is 83.3 cm³/mol. The van der Waals surface area contributed by atoms with Crippen molar-refractivity contribution < 1.29 is 4.39 Å². The molecule has 3 aromatic rings. The fourth-order valence-electron chi connectivity index (χ4n) is 3.32. The van der Waals surface area contributed by atoms with Crippen molar-refractivity contribution in [3.63, 3.8) is 0 Å². The van der Waals surface area contributed by atoms with Crippen LogP contribution in [0.3, 0.4) is 0 Å². The van der Waals surface area contributed by atoms with Crippen molar-refractivity contribution in [3.05, 3.63) is 47.8 Å². The molecule has 7 heteroatoms. The highest BCUT2D eigenvalue weighted by Crippen LogP contribution is 2.37. The number of hydrogen-bond donors (Lipinski definition) is 1. The predicted octanol–water partition coefficient (Wildman–Crippen LogP) is 3.00. The number of benzene rings is 1. The first-order valence-corrected chi connectivity index (χ1v) is 7.87. The van der Waals surface area contributed by atoms with Crippen molar-refractivity contribution in [2.75, 3.05) is 5.32 Å². The standard InChI is InChI=1S/C16H17FN6/c17-13-7-5-12(6-8-13)16(11-3-1-2-4-11)18-14-9-10-15-19-21-22-23(15)20-14/h5-11,16H,1-4H2,(H,18,20). The molecule has 1 aromatic carbocycles. The number of aromatic nitrogens is 5. The summed E-state index contributed by atoms with van der Waals surface area (Å²) >= 11 is 0. The van der Waals surface area contributed by atoms with Crippen LogP contribution in [-0.2, 0) is 0 Å².